The molecular formula is C21H32Cl2N4O4Si. The molecule has 0 saturated heterocycles. The molecule has 0 radical (unpaired) electrons. The number of aromatic nitrogens is 3. The van der Waals surface area contributed by atoms with E-state index in [1.165, 1.54) is 0 Å². The van der Waals surface area contributed by atoms with Crippen LogP contribution in [0.4, 0.5) is 5.82 Å². The molecule has 0 atom stereocenters. The number of anilines is 1. The number of hydrogen-bond donors (Lipinski definition) is 2. The predicted molar refractivity (Wildman–Crippen MR) is 129 cm³/mol. The molecule has 0 saturated carbocycles. The zero-order valence-corrected chi connectivity index (χ0v) is 21.8. The lowest BCUT2D eigenvalue weighted by Gasteiger charge is -2.28. The number of rotatable bonds is 13. The molecule has 0 fully saturated rings. The van der Waals surface area contributed by atoms with Crippen molar-refractivity contribution in [2.24, 2.45) is 0 Å². The van der Waals surface area contributed by atoms with Gasteiger partial charge in [0.05, 0.1) is 24.4 Å². The van der Waals surface area contributed by atoms with E-state index in [4.69, 9.17) is 37.4 Å². The summed E-state index contributed by atoms with van der Waals surface area (Å²) in [5.74, 6) is 0.884. The summed E-state index contributed by atoms with van der Waals surface area (Å²) in [7, 11) is -1.16. The molecule has 0 aromatic carbocycles. The van der Waals surface area contributed by atoms with Crippen molar-refractivity contribution < 1.29 is 19.3 Å². The topological polar surface area (TPSA) is 98.6 Å². The van der Waals surface area contributed by atoms with Gasteiger partial charge in [-0.2, -0.15) is 0 Å². The largest absolute Gasteiger partial charge is 0.475 e. The van der Waals surface area contributed by atoms with Crippen molar-refractivity contribution in [2.45, 2.75) is 51.7 Å². The van der Waals surface area contributed by atoms with Gasteiger partial charge in [-0.3, -0.25) is 0 Å². The van der Waals surface area contributed by atoms with E-state index in [-0.39, 0.29) is 37.0 Å². The highest BCUT2D eigenvalue weighted by atomic mass is 35.5. The molecule has 0 bridgehead atoms. The zero-order valence-electron chi connectivity index (χ0n) is 19.2. The van der Waals surface area contributed by atoms with Gasteiger partial charge < -0.3 is 24.6 Å². The SMILES string of the molecule is CC(C)(OCCOc1cc(CO)ccn1)c1c(Cl)nc(Cl)nc1NCOCC[Si](C)(C)C. The van der Waals surface area contributed by atoms with E-state index in [0.29, 0.717) is 23.9 Å². The van der Waals surface area contributed by atoms with Crippen molar-refractivity contribution in [3.8, 4) is 5.88 Å². The number of aliphatic hydroxyl groups excluding tert-OH is 1. The van der Waals surface area contributed by atoms with Crippen molar-refractivity contribution in [1.82, 2.24) is 15.0 Å². The van der Waals surface area contributed by atoms with E-state index < -0.39 is 13.7 Å². The molecule has 0 amide bonds. The third kappa shape index (κ3) is 8.80. The fraction of sp³-hybridized carbons (Fsp3) is 0.571. The molecule has 0 spiro atoms. The smallest absolute Gasteiger partial charge is 0.225 e. The number of ether oxygens (including phenoxy) is 3. The molecule has 0 aliphatic heterocycles. The molecule has 2 aromatic rings. The normalized spacial score (nSPS) is 12.1. The molecule has 2 heterocycles. The van der Waals surface area contributed by atoms with Gasteiger partial charge in [0.1, 0.15) is 24.3 Å². The summed E-state index contributed by atoms with van der Waals surface area (Å²) in [6.45, 7) is 12.0. The summed E-state index contributed by atoms with van der Waals surface area (Å²) in [4.78, 5) is 12.5. The van der Waals surface area contributed by atoms with Gasteiger partial charge in [-0.05, 0) is 43.1 Å². The second kappa shape index (κ2) is 12.1. The van der Waals surface area contributed by atoms with Crippen LogP contribution in [0.25, 0.3) is 0 Å². The first-order chi connectivity index (χ1) is 15.0. The standard InChI is InChI=1S/C21H32Cl2N4O4Si/c1-21(2,31-9-8-30-16-12-15(13-28)6-7-24-16)17-18(22)26-20(23)27-19(17)25-14-29-10-11-32(3,4)5/h6-7,12,28H,8-11,13-14H2,1-5H3,(H,25,26,27). The number of hydrogen-bond acceptors (Lipinski definition) is 8. The monoisotopic (exact) mass is 502 g/mol. The lowest BCUT2D eigenvalue weighted by Crippen LogP contribution is -2.28. The molecule has 2 N–H and O–H groups in total. The Morgan fingerprint density at radius 1 is 1.12 bits per heavy atom. The fourth-order valence-corrected chi connectivity index (χ4v) is 4.15. The maximum absolute atomic E-state index is 9.21. The Bertz CT molecular complexity index is 881. The summed E-state index contributed by atoms with van der Waals surface area (Å²) >= 11 is 12.4. The zero-order chi connectivity index (χ0) is 23.8. The number of nitrogens with zero attached hydrogens (tertiary/aromatic N) is 3. The van der Waals surface area contributed by atoms with Gasteiger partial charge in [-0.25, -0.2) is 15.0 Å². The highest BCUT2D eigenvalue weighted by Gasteiger charge is 2.30. The second-order valence-electron chi connectivity index (χ2n) is 8.91. The minimum absolute atomic E-state index is 0.0392. The second-order valence-corrected chi connectivity index (χ2v) is 15.2. The molecule has 2 aromatic heterocycles. The number of halogens is 2. The fourth-order valence-electron chi connectivity index (χ4n) is 2.78. The Hall–Kier alpha value is -1.49. The average molecular weight is 504 g/mol. The van der Waals surface area contributed by atoms with Crippen LogP contribution < -0.4 is 10.1 Å². The Balaban J connectivity index is 1.97. The number of pyridine rings is 1. The predicted octanol–water partition coefficient (Wildman–Crippen LogP) is 4.73. The Morgan fingerprint density at radius 2 is 1.88 bits per heavy atom. The average Bonchev–Trinajstić information content (AvgIpc) is 2.69. The van der Waals surface area contributed by atoms with Gasteiger partial charge >= 0.3 is 0 Å². The first-order valence-corrected chi connectivity index (χ1v) is 14.9. The first kappa shape index (κ1) is 26.8. The van der Waals surface area contributed by atoms with Crippen LogP contribution in [0.15, 0.2) is 18.3 Å². The van der Waals surface area contributed by atoms with E-state index in [1.807, 2.05) is 13.8 Å². The summed E-state index contributed by atoms with van der Waals surface area (Å²) in [5.41, 5.74) is 0.480. The van der Waals surface area contributed by atoms with Crippen molar-refractivity contribution in [3.63, 3.8) is 0 Å². The molecule has 32 heavy (non-hydrogen) atoms. The van der Waals surface area contributed by atoms with Crippen LogP contribution in [0.3, 0.4) is 0 Å². The molecule has 0 unspecified atom stereocenters. The summed E-state index contributed by atoms with van der Waals surface area (Å²) < 4.78 is 17.4. The van der Waals surface area contributed by atoms with Gasteiger partial charge in [0.2, 0.25) is 11.2 Å². The summed E-state index contributed by atoms with van der Waals surface area (Å²) in [6, 6.07) is 4.47. The van der Waals surface area contributed by atoms with Crippen molar-refractivity contribution in [2.75, 3.05) is 31.9 Å². The van der Waals surface area contributed by atoms with Gasteiger partial charge in [-0.15, -0.1) is 0 Å². The molecule has 8 nitrogen and oxygen atoms in total. The summed E-state index contributed by atoms with van der Waals surface area (Å²) in [5, 5.41) is 12.6. The minimum Gasteiger partial charge on any atom is -0.475 e. The lowest BCUT2D eigenvalue weighted by molar-refractivity contribution is -0.0340. The third-order valence-corrected chi connectivity index (χ3v) is 6.70. The van der Waals surface area contributed by atoms with Crippen LogP contribution >= 0.6 is 23.2 Å². The van der Waals surface area contributed by atoms with Gasteiger partial charge in [-0.1, -0.05) is 31.2 Å². The Kier molecular flexibility index (Phi) is 10.1. The third-order valence-electron chi connectivity index (χ3n) is 4.56. The van der Waals surface area contributed by atoms with E-state index in [0.717, 1.165) is 11.6 Å². The molecule has 11 heteroatoms. The highest BCUT2D eigenvalue weighted by Crippen LogP contribution is 2.35. The van der Waals surface area contributed by atoms with Gasteiger partial charge in [0.15, 0.2) is 0 Å². The highest BCUT2D eigenvalue weighted by molar-refractivity contribution is 6.76. The number of nitrogens with one attached hydrogen (secondary N) is 1. The van der Waals surface area contributed by atoms with Gasteiger partial charge in [0.25, 0.3) is 0 Å². The van der Waals surface area contributed by atoms with Crippen molar-refractivity contribution >= 4 is 37.1 Å². The minimum atomic E-state index is -1.16. The van der Waals surface area contributed by atoms with Crippen LogP contribution in [0.2, 0.25) is 36.1 Å². The lowest BCUT2D eigenvalue weighted by atomic mass is 10.00. The van der Waals surface area contributed by atoms with E-state index >= 15 is 0 Å². The Labute approximate surface area is 200 Å². The Morgan fingerprint density at radius 3 is 2.56 bits per heavy atom. The van der Waals surface area contributed by atoms with E-state index in [9.17, 15) is 5.11 Å². The number of aliphatic hydroxyl groups is 1. The van der Waals surface area contributed by atoms with E-state index in [1.54, 1.807) is 18.3 Å². The van der Waals surface area contributed by atoms with E-state index in [2.05, 4.69) is 39.9 Å². The summed E-state index contributed by atoms with van der Waals surface area (Å²) in [6.07, 6.45) is 1.58. The first-order valence-electron chi connectivity index (χ1n) is 10.4. The molecular weight excluding hydrogens is 471 g/mol. The van der Waals surface area contributed by atoms with Crippen LogP contribution in [-0.4, -0.2) is 54.7 Å². The molecule has 178 valence electrons. The molecule has 0 aliphatic rings. The van der Waals surface area contributed by atoms with Crippen LogP contribution in [0.1, 0.15) is 25.0 Å². The van der Waals surface area contributed by atoms with Crippen molar-refractivity contribution in [3.05, 3.63) is 39.9 Å². The van der Waals surface area contributed by atoms with Crippen LogP contribution in [0.5, 0.6) is 5.88 Å². The van der Waals surface area contributed by atoms with Crippen molar-refractivity contribution in [1.29, 1.82) is 0 Å². The van der Waals surface area contributed by atoms with Gasteiger partial charge in [0, 0.05) is 26.9 Å². The molecule has 0 aliphatic carbocycles. The molecule has 2 rings (SSSR count). The quantitative estimate of drug-likeness (QED) is 0.133. The van der Waals surface area contributed by atoms with Crippen LogP contribution in [0, 0.1) is 0 Å². The maximum Gasteiger partial charge on any atom is 0.225 e. The van der Waals surface area contributed by atoms with Crippen LogP contribution in [-0.2, 0) is 21.7 Å². The maximum atomic E-state index is 9.21.